The molecule has 2 aliphatic carbocycles. The molecule has 1 aromatic rings. The Kier molecular flexibility index (Phi) is 4.24. The fourth-order valence-electron chi connectivity index (χ4n) is 4.67. The minimum absolute atomic E-state index is 0.0159. The van der Waals surface area contributed by atoms with Crippen LogP contribution in [0.4, 0.5) is 4.79 Å². The van der Waals surface area contributed by atoms with Gasteiger partial charge >= 0.3 is 6.09 Å². The van der Waals surface area contributed by atoms with Crippen molar-refractivity contribution >= 4 is 12.0 Å². The van der Waals surface area contributed by atoms with Gasteiger partial charge in [0.25, 0.3) is 0 Å². The summed E-state index contributed by atoms with van der Waals surface area (Å²) in [5, 5.41) is 2.86. The van der Waals surface area contributed by atoms with Crippen molar-refractivity contribution < 1.29 is 14.3 Å². The van der Waals surface area contributed by atoms with Crippen molar-refractivity contribution in [2.24, 2.45) is 5.92 Å². The second-order valence-electron chi connectivity index (χ2n) is 9.73. The largest absolute Gasteiger partial charge is 0.447 e. The SMILES string of the molecule is CN(C(=O)[C@H]1C[C@]2(COC(=O)N2)C1)[C@H]1C[C@@H](c2ccc(C(C)(C)C)cc2)C1. The number of benzene rings is 1. The topological polar surface area (TPSA) is 58.6 Å². The zero-order valence-corrected chi connectivity index (χ0v) is 16.7. The Morgan fingerprint density at radius 3 is 2.33 bits per heavy atom. The number of nitrogens with zero attached hydrogens (tertiary/aromatic N) is 1. The number of ether oxygens (including phenoxy) is 1. The van der Waals surface area contributed by atoms with Gasteiger partial charge in [-0.1, -0.05) is 45.0 Å². The summed E-state index contributed by atoms with van der Waals surface area (Å²) in [6.45, 7) is 7.09. The number of amides is 2. The van der Waals surface area contributed by atoms with E-state index in [1.807, 2.05) is 11.9 Å². The number of carbonyl (C=O) groups excluding carboxylic acids is 2. The van der Waals surface area contributed by atoms with Crippen LogP contribution in [0.3, 0.4) is 0 Å². The highest BCUT2D eigenvalue weighted by Crippen LogP contribution is 2.44. The first-order chi connectivity index (χ1) is 12.7. The summed E-state index contributed by atoms with van der Waals surface area (Å²) in [5.41, 5.74) is 2.64. The summed E-state index contributed by atoms with van der Waals surface area (Å²) in [5.74, 6) is 0.782. The van der Waals surface area contributed by atoms with Crippen LogP contribution < -0.4 is 5.32 Å². The molecule has 3 aliphatic rings. The first-order valence-electron chi connectivity index (χ1n) is 9.99. The molecule has 0 bridgehead atoms. The van der Waals surface area contributed by atoms with Gasteiger partial charge in [-0.3, -0.25) is 4.79 Å². The summed E-state index contributed by atoms with van der Waals surface area (Å²) in [4.78, 5) is 25.9. The van der Waals surface area contributed by atoms with Gasteiger partial charge in [0.1, 0.15) is 6.61 Å². The Hall–Kier alpha value is -2.04. The van der Waals surface area contributed by atoms with Crippen LogP contribution in [0.5, 0.6) is 0 Å². The molecule has 1 heterocycles. The lowest BCUT2D eigenvalue weighted by Crippen LogP contribution is -2.59. The molecule has 146 valence electrons. The molecular weight excluding hydrogens is 340 g/mol. The van der Waals surface area contributed by atoms with E-state index in [0.29, 0.717) is 31.4 Å². The molecule has 0 radical (unpaired) electrons. The van der Waals surface area contributed by atoms with Crippen molar-refractivity contribution in [3.63, 3.8) is 0 Å². The lowest BCUT2D eigenvalue weighted by atomic mass is 9.67. The number of hydrogen-bond acceptors (Lipinski definition) is 3. The Bertz CT molecular complexity index is 738. The van der Waals surface area contributed by atoms with E-state index in [1.165, 1.54) is 11.1 Å². The van der Waals surface area contributed by atoms with Crippen molar-refractivity contribution in [3.05, 3.63) is 35.4 Å². The summed E-state index contributed by atoms with van der Waals surface area (Å²) in [6.07, 6.45) is 3.12. The van der Waals surface area contributed by atoms with E-state index in [0.717, 1.165) is 12.8 Å². The molecule has 5 nitrogen and oxygen atoms in total. The predicted molar refractivity (Wildman–Crippen MR) is 104 cm³/mol. The van der Waals surface area contributed by atoms with Gasteiger partial charge in [-0.15, -0.1) is 0 Å². The van der Waals surface area contributed by atoms with E-state index in [2.05, 4.69) is 50.4 Å². The fraction of sp³-hybridized carbons (Fsp3) is 0.636. The van der Waals surface area contributed by atoms with Crippen molar-refractivity contribution in [3.8, 4) is 0 Å². The van der Waals surface area contributed by atoms with E-state index >= 15 is 0 Å². The maximum Gasteiger partial charge on any atom is 0.407 e. The van der Waals surface area contributed by atoms with Gasteiger partial charge in [-0.2, -0.15) is 0 Å². The molecule has 0 atom stereocenters. The summed E-state index contributed by atoms with van der Waals surface area (Å²) in [7, 11) is 1.93. The van der Waals surface area contributed by atoms with Crippen LogP contribution in [-0.2, 0) is 14.9 Å². The van der Waals surface area contributed by atoms with Gasteiger partial charge in [-0.05, 0) is 48.1 Å². The molecule has 1 N–H and O–H groups in total. The Morgan fingerprint density at radius 2 is 1.81 bits per heavy atom. The normalized spacial score (nSPS) is 32.3. The lowest BCUT2D eigenvalue weighted by Gasteiger charge is -2.47. The number of hydrogen-bond donors (Lipinski definition) is 1. The molecule has 3 fully saturated rings. The Balaban J connectivity index is 1.28. The van der Waals surface area contributed by atoms with Crippen LogP contribution >= 0.6 is 0 Å². The molecule has 1 saturated heterocycles. The minimum atomic E-state index is -0.353. The fourth-order valence-corrected chi connectivity index (χ4v) is 4.67. The standard InChI is InChI=1S/C22H30N2O3/c1-21(2,3)17-7-5-14(6-8-17)15-9-18(10-15)24(4)19(25)16-11-22(12-16)13-27-20(26)23-22/h5-8,15-16,18H,9-13H2,1-4H3,(H,23,26)/t15-,16-,18+,22+. The summed E-state index contributed by atoms with van der Waals surface area (Å²) >= 11 is 0. The number of nitrogens with one attached hydrogen (secondary N) is 1. The van der Waals surface area contributed by atoms with Crippen LogP contribution in [0.25, 0.3) is 0 Å². The summed E-state index contributed by atoms with van der Waals surface area (Å²) < 4.78 is 5.00. The number of cyclic esters (lactones) is 1. The van der Waals surface area contributed by atoms with Gasteiger partial charge < -0.3 is 15.0 Å². The molecule has 4 rings (SSSR count). The average Bonchev–Trinajstić information content (AvgIpc) is 2.93. The average molecular weight is 370 g/mol. The van der Waals surface area contributed by atoms with Crippen LogP contribution in [0.1, 0.15) is 63.5 Å². The van der Waals surface area contributed by atoms with Crippen LogP contribution in [0, 0.1) is 5.92 Å². The Morgan fingerprint density at radius 1 is 1.19 bits per heavy atom. The van der Waals surface area contributed by atoms with E-state index in [9.17, 15) is 9.59 Å². The molecule has 5 heteroatoms. The monoisotopic (exact) mass is 370 g/mol. The number of rotatable bonds is 3. The second kappa shape index (κ2) is 6.25. The van der Waals surface area contributed by atoms with Crippen molar-refractivity contribution in [1.82, 2.24) is 10.2 Å². The molecule has 0 aromatic heterocycles. The molecular formula is C22H30N2O3. The van der Waals surface area contributed by atoms with Gasteiger partial charge in [0.2, 0.25) is 5.91 Å². The number of carbonyl (C=O) groups is 2. The molecule has 1 aliphatic heterocycles. The van der Waals surface area contributed by atoms with Gasteiger partial charge in [0.15, 0.2) is 0 Å². The molecule has 1 spiro atoms. The van der Waals surface area contributed by atoms with Gasteiger partial charge in [0, 0.05) is 19.0 Å². The van der Waals surface area contributed by atoms with Crippen molar-refractivity contribution in [1.29, 1.82) is 0 Å². The third-order valence-electron chi connectivity index (χ3n) is 6.73. The third-order valence-corrected chi connectivity index (χ3v) is 6.73. The van der Waals surface area contributed by atoms with Gasteiger partial charge in [0.05, 0.1) is 5.54 Å². The third kappa shape index (κ3) is 3.32. The van der Waals surface area contributed by atoms with Crippen molar-refractivity contribution in [2.75, 3.05) is 13.7 Å². The highest BCUT2D eigenvalue weighted by molar-refractivity contribution is 5.81. The smallest absolute Gasteiger partial charge is 0.407 e. The first kappa shape index (κ1) is 18.3. The van der Waals surface area contributed by atoms with E-state index < -0.39 is 0 Å². The Labute approximate surface area is 161 Å². The highest BCUT2D eigenvalue weighted by Gasteiger charge is 2.53. The molecule has 0 unspecified atom stereocenters. The minimum Gasteiger partial charge on any atom is -0.447 e. The van der Waals surface area contributed by atoms with Crippen LogP contribution in [-0.4, -0.2) is 42.1 Å². The molecule has 27 heavy (non-hydrogen) atoms. The van der Waals surface area contributed by atoms with E-state index in [4.69, 9.17) is 4.74 Å². The van der Waals surface area contributed by atoms with Gasteiger partial charge in [-0.25, -0.2) is 4.79 Å². The number of alkyl carbamates (subject to hydrolysis) is 1. The molecule has 2 amide bonds. The second-order valence-corrected chi connectivity index (χ2v) is 9.73. The zero-order chi connectivity index (χ0) is 19.4. The van der Waals surface area contributed by atoms with Crippen LogP contribution in [0.15, 0.2) is 24.3 Å². The first-order valence-corrected chi connectivity index (χ1v) is 9.99. The van der Waals surface area contributed by atoms with Crippen molar-refractivity contribution in [2.45, 2.75) is 69.4 Å². The quantitative estimate of drug-likeness (QED) is 0.885. The van der Waals surface area contributed by atoms with Crippen LogP contribution in [0.2, 0.25) is 0 Å². The molecule has 1 aromatic carbocycles. The van der Waals surface area contributed by atoms with E-state index in [-0.39, 0.29) is 28.9 Å². The molecule has 2 saturated carbocycles. The summed E-state index contributed by atoms with van der Waals surface area (Å²) in [6, 6.07) is 9.31. The lowest BCUT2D eigenvalue weighted by molar-refractivity contribution is -0.143. The predicted octanol–water partition coefficient (Wildman–Crippen LogP) is 3.58. The zero-order valence-electron chi connectivity index (χ0n) is 16.7. The maximum atomic E-state index is 12.8. The highest BCUT2D eigenvalue weighted by atomic mass is 16.6. The maximum absolute atomic E-state index is 12.8. The van der Waals surface area contributed by atoms with E-state index in [1.54, 1.807) is 0 Å².